The number of hydrogen-bond acceptors (Lipinski definition) is 2. The van der Waals surface area contributed by atoms with Crippen molar-refractivity contribution >= 4 is 0 Å². The van der Waals surface area contributed by atoms with Crippen LogP contribution in [-0.4, -0.2) is 9.78 Å². The van der Waals surface area contributed by atoms with Crippen LogP contribution in [0.5, 0.6) is 0 Å². The smallest absolute Gasteiger partial charge is 0.0537 e. The van der Waals surface area contributed by atoms with Crippen LogP contribution in [0.25, 0.3) is 0 Å². The summed E-state index contributed by atoms with van der Waals surface area (Å²) in [5.41, 5.74) is 8.62. The maximum Gasteiger partial charge on any atom is 0.0537 e. The van der Waals surface area contributed by atoms with E-state index < -0.39 is 0 Å². The SMILES string of the molecule is CCn1cc(C(N)CCc2ccccc2)cn1. The van der Waals surface area contributed by atoms with Crippen molar-refractivity contribution in [1.29, 1.82) is 0 Å². The van der Waals surface area contributed by atoms with E-state index >= 15 is 0 Å². The van der Waals surface area contributed by atoms with Crippen molar-refractivity contribution in [3.63, 3.8) is 0 Å². The zero-order valence-corrected chi connectivity index (χ0v) is 10.2. The molecule has 2 N–H and O–H groups in total. The summed E-state index contributed by atoms with van der Waals surface area (Å²) in [5, 5.41) is 4.25. The van der Waals surface area contributed by atoms with Gasteiger partial charge in [-0.15, -0.1) is 0 Å². The van der Waals surface area contributed by atoms with Crippen molar-refractivity contribution in [2.24, 2.45) is 5.73 Å². The summed E-state index contributed by atoms with van der Waals surface area (Å²) in [6.07, 6.45) is 5.88. The van der Waals surface area contributed by atoms with Crippen LogP contribution in [-0.2, 0) is 13.0 Å². The number of aryl methyl sites for hydroxylation is 2. The third-order valence-corrected chi connectivity index (χ3v) is 2.99. The largest absolute Gasteiger partial charge is 0.324 e. The highest BCUT2D eigenvalue weighted by Crippen LogP contribution is 2.16. The highest BCUT2D eigenvalue weighted by atomic mass is 15.3. The Morgan fingerprint density at radius 1 is 1.29 bits per heavy atom. The summed E-state index contributed by atoms with van der Waals surface area (Å²) >= 11 is 0. The van der Waals surface area contributed by atoms with Crippen molar-refractivity contribution < 1.29 is 0 Å². The van der Waals surface area contributed by atoms with E-state index in [0.29, 0.717) is 0 Å². The van der Waals surface area contributed by atoms with Crippen molar-refractivity contribution in [3.05, 3.63) is 53.9 Å². The van der Waals surface area contributed by atoms with E-state index in [9.17, 15) is 0 Å². The van der Waals surface area contributed by atoms with Crippen LogP contribution in [0.2, 0.25) is 0 Å². The van der Waals surface area contributed by atoms with Crippen LogP contribution < -0.4 is 5.73 Å². The van der Waals surface area contributed by atoms with Crippen LogP contribution in [0.15, 0.2) is 42.7 Å². The van der Waals surface area contributed by atoms with E-state index in [1.165, 1.54) is 5.56 Å². The summed E-state index contributed by atoms with van der Waals surface area (Å²) in [6, 6.07) is 10.5. The van der Waals surface area contributed by atoms with Gasteiger partial charge in [0.05, 0.1) is 6.20 Å². The van der Waals surface area contributed by atoms with Crippen molar-refractivity contribution in [2.75, 3.05) is 0 Å². The maximum absolute atomic E-state index is 6.16. The average Bonchev–Trinajstić information content (AvgIpc) is 2.86. The Labute approximate surface area is 102 Å². The van der Waals surface area contributed by atoms with E-state index in [1.807, 2.05) is 23.1 Å². The predicted molar refractivity (Wildman–Crippen MR) is 69.6 cm³/mol. The first-order valence-electron chi connectivity index (χ1n) is 6.11. The molecule has 0 radical (unpaired) electrons. The monoisotopic (exact) mass is 229 g/mol. The molecule has 1 unspecified atom stereocenters. The topological polar surface area (TPSA) is 43.8 Å². The molecule has 0 spiro atoms. The van der Waals surface area contributed by atoms with Crippen molar-refractivity contribution in [1.82, 2.24) is 9.78 Å². The molecule has 0 aliphatic carbocycles. The highest BCUT2D eigenvalue weighted by Gasteiger charge is 2.08. The minimum Gasteiger partial charge on any atom is -0.324 e. The van der Waals surface area contributed by atoms with Gasteiger partial charge in [-0.05, 0) is 25.3 Å². The second-order valence-corrected chi connectivity index (χ2v) is 4.26. The average molecular weight is 229 g/mol. The van der Waals surface area contributed by atoms with Crippen LogP contribution in [0.1, 0.15) is 30.5 Å². The minimum atomic E-state index is 0.0792. The Morgan fingerprint density at radius 2 is 2.06 bits per heavy atom. The zero-order valence-electron chi connectivity index (χ0n) is 10.2. The number of nitrogens with two attached hydrogens (primary N) is 1. The van der Waals surface area contributed by atoms with E-state index in [1.54, 1.807) is 0 Å². The molecule has 90 valence electrons. The van der Waals surface area contributed by atoms with Crippen molar-refractivity contribution in [2.45, 2.75) is 32.4 Å². The first kappa shape index (κ1) is 11.9. The Bertz CT molecular complexity index is 448. The molecule has 1 heterocycles. The van der Waals surface area contributed by atoms with Crippen LogP contribution in [0.4, 0.5) is 0 Å². The molecule has 1 aromatic carbocycles. The molecule has 2 rings (SSSR count). The summed E-state index contributed by atoms with van der Waals surface area (Å²) in [6.45, 7) is 2.97. The number of benzene rings is 1. The molecule has 2 aromatic rings. The fraction of sp³-hybridized carbons (Fsp3) is 0.357. The van der Waals surface area contributed by atoms with Gasteiger partial charge in [0, 0.05) is 24.3 Å². The lowest BCUT2D eigenvalue weighted by Gasteiger charge is -2.09. The molecule has 0 saturated carbocycles. The molecule has 0 fully saturated rings. The number of nitrogens with zero attached hydrogens (tertiary/aromatic N) is 2. The number of hydrogen-bond donors (Lipinski definition) is 1. The quantitative estimate of drug-likeness (QED) is 0.856. The van der Waals surface area contributed by atoms with Crippen LogP contribution in [0, 0.1) is 0 Å². The summed E-state index contributed by atoms with van der Waals surface area (Å²) in [7, 11) is 0. The normalized spacial score (nSPS) is 12.6. The highest BCUT2D eigenvalue weighted by molar-refractivity contribution is 5.16. The van der Waals surface area contributed by atoms with Gasteiger partial charge in [0.25, 0.3) is 0 Å². The Hall–Kier alpha value is -1.61. The molecular formula is C14H19N3. The van der Waals surface area contributed by atoms with Gasteiger partial charge in [-0.3, -0.25) is 4.68 Å². The molecule has 1 atom stereocenters. The van der Waals surface area contributed by atoms with E-state index in [2.05, 4.69) is 36.3 Å². The van der Waals surface area contributed by atoms with Gasteiger partial charge in [-0.1, -0.05) is 30.3 Å². The van der Waals surface area contributed by atoms with Gasteiger partial charge >= 0.3 is 0 Å². The first-order valence-corrected chi connectivity index (χ1v) is 6.11. The lowest BCUT2D eigenvalue weighted by atomic mass is 10.0. The van der Waals surface area contributed by atoms with Gasteiger partial charge in [-0.25, -0.2) is 0 Å². The van der Waals surface area contributed by atoms with E-state index in [-0.39, 0.29) is 6.04 Å². The number of aromatic nitrogens is 2. The standard InChI is InChI=1S/C14H19N3/c1-2-17-11-13(10-16-17)14(15)9-8-12-6-4-3-5-7-12/h3-7,10-11,14H,2,8-9,15H2,1H3. The summed E-state index contributed by atoms with van der Waals surface area (Å²) in [5.74, 6) is 0. The molecule has 0 aliphatic rings. The van der Waals surface area contributed by atoms with Gasteiger partial charge in [0.1, 0.15) is 0 Å². The molecule has 0 saturated heterocycles. The Morgan fingerprint density at radius 3 is 2.71 bits per heavy atom. The van der Waals surface area contributed by atoms with Crippen LogP contribution in [0.3, 0.4) is 0 Å². The van der Waals surface area contributed by atoms with Gasteiger partial charge in [0.2, 0.25) is 0 Å². The van der Waals surface area contributed by atoms with Crippen molar-refractivity contribution in [3.8, 4) is 0 Å². The molecule has 1 aromatic heterocycles. The molecular weight excluding hydrogens is 210 g/mol. The molecule has 17 heavy (non-hydrogen) atoms. The van der Waals surface area contributed by atoms with Gasteiger partial charge in [0.15, 0.2) is 0 Å². The third kappa shape index (κ3) is 3.17. The first-order chi connectivity index (χ1) is 8.29. The summed E-state index contributed by atoms with van der Waals surface area (Å²) in [4.78, 5) is 0. The Balaban J connectivity index is 1.91. The molecule has 0 bridgehead atoms. The fourth-order valence-electron chi connectivity index (χ4n) is 1.88. The second kappa shape index (κ2) is 5.64. The van der Waals surface area contributed by atoms with E-state index in [0.717, 1.165) is 24.9 Å². The molecule has 3 heteroatoms. The predicted octanol–water partition coefficient (Wildman–Crippen LogP) is 2.54. The lowest BCUT2D eigenvalue weighted by Crippen LogP contribution is -2.10. The minimum absolute atomic E-state index is 0.0792. The van der Waals surface area contributed by atoms with Gasteiger partial charge in [-0.2, -0.15) is 5.10 Å². The van der Waals surface area contributed by atoms with E-state index in [4.69, 9.17) is 5.73 Å². The fourth-order valence-corrected chi connectivity index (χ4v) is 1.88. The zero-order chi connectivity index (χ0) is 12.1. The Kier molecular flexibility index (Phi) is 3.94. The van der Waals surface area contributed by atoms with Gasteiger partial charge < -0.3 is 5.73 Å². The molecule has 0 aliphatic heterocycles. The summed E-state index contributed by atoms with van der Waals surface area (Å²) < 4.78 is 1.91. The van der Waals surface area contributed by atoms with Crippen LogP contribution >= 0.6 is 0 Å². The number of rotatable bonds is 5. The second-order valence-electron chi connectivity index (χ2n) is 4.26. The maximum atomic E-state index is 6.16. The lowest BCUT2D eigenvalue weighted by molar-refractivity contribution is 0.640. The molecule has 3 nitrogen and oxygen atoms in total. The molecule has 0 amide bonds. The third-order valence-electron chi connectivity index (χ3n) is 2.99.